The Hall–Kier alpha value is -3.13. The van der Waals surface area contributed by atoms with Crippen LogP contribution in [0.5, 0.6) is 11.5 Å². The predicted octanol–water partition coefficient (Wildman–Crippen LogP) is 3.03. The molecule has 2 aromatic carbocycles. The summed E-state index contributed by atoms with van der Waals surface area (Å²) < 4.78 is 10.2. The average molecular weight is 364 g/mol. The Labute approximate surface area is 148 Å². The van der Waals surface area contributed by atoms with Gasteiger partial charge in [0.2, 0.25) is 0 Å². The number of nitrogens with one attached hydrogen (secondary N) is 1. The third-order valence-electron chi connectivity index (χ3n) is 3.19. The summed E-state index contributed by atoms with van der Waals surface area (Å²) in [7, 11) is 2.96. The van der Waals surface area contributed by atoms with Gasteiger partial charge >= 0.3 is 0 Å². The van der Waals surface area contributed by atoms with Crippen LogP contribution in [0.15, 0.2) is 41.5 Å². The standard InChI is InChI=1S/C16H14ClN3O5/c1-24-14-6-4-11(8-15(14)25-2)16(21)19-18-9-10-3-5-12(17)13(7-10)20(22)23/h3-9H,1-2H3,(H,19,21). The summed E-state index contributed by atoms with van der Waals surface area (Å²) in [6.45, 7) is 0. The summed E-state index contributed by atoms with van der Waals surface area (Å²) in [6, 6.07) is 8.85. The molecule has 25 heavy (non-hydrogen) atoms. The monoisotopic (exact) mass is 363 g/mol. The fourth-order valence-electron chi connectivity index (χ4n) is 1.96. The van der Waals surface area contributed by atoms with E-state index in [0.717, 1.165) is 0 Å². The minimum atomic E-state index is -0.595. The van der Waals surface area contributed by atoms with Crippen LogP contribution in [0.2, 0.25) is 5.02 Å². The lowest BCUT2D eigenvalue weighted by molar-refractivity contribution is -0.384. The number of carbonyl (C=O) groups is 1. The quantitative estimate of drug-likeness (QED) is 0.482. The Balaban J connectivity index is 2.10. The number of rotatable bonds is 6. The third-order valence-corrected chi connectivity index (χ3v) is 3.51. The first-order valence-electron chi connectivity index (χ1n) is 6.95. The van der Waals surface area contributed by atoms with E-state index in [0.29, 0.717) is 22.6 Å². The van der Waals surface area contributed by atoms with Gasteiger partial charge in [0.25, 0.3) is 11.6 Å². The maximum Gasteiger partial charge on any atom is 0.288 e. The van der Waals surface area contributed by atoms with Crippen molar-refractivity contribution in [2.24, 2.45) is 5.10 Å². The van der Waals surface area contributed by atoms with E-state index < -0.39 is 10.8 Å². The van der Waals surface area contributed by atoms with Crippen molar-refractivity contribution >= 4 is 29.4 Å². The first-order valence-corrected chi connectivity index (χ1v) is 7.33. The highest BCUT2D eigenvalue weighted by Gasteiger charge is 2.12. The topological polar surface area (TPSA) is 103 Å². The first kappa shape index (κ1) is 18.2. The number of halogens is 1. The number of hydrazone groups is 1. The fourth-order valence-corrected chi connectivity index (χ4v) is 2.14. The summed E-state index contributed by atoms with van der Waals surface area (Å²) in [5.41, 5.74) is 2.83. The van der Waals surface area contributed by atoms with Crippen LogP contribution >= 0.6 is 11.6 Å². The van der Waals surface area contributed by atoms with Gasteiger partial charge in [0.15, 0.2) is 11.5 Å². The number of nitrogens with zero attached hydrogens (tertiary/aromatic N) is 2. The highest BCUT2D eigenvalue weighted by atomic mass is 35.5. The second-order valence-corrected chi connectivity index (χ2v) is 5.14. The fraction of sp³-hybridized carbons (Fsp3) is 0.125. The Morgan fingerprint density at radius 3 is 2.56 bits per heavy atom. The van der Waals surface area contributed by atoms with E-state index in [1.165, 1.54) is 38.6 Å². The maximum absolute atomic E-state index is 12.1. The number of benzene rings is 2. The smallest absolute Gasteiger partial charge is 0.288 e. The minimum Gasteiger partial charge on any atom is -0.493 e. The van der Waals surface area contributed by atoms with Gasteiger partial charge in [0, 0.05) is 17.2 Å². The average Bonchev–Trinajstić information content (AvgIpc) is 2.62. The molecule has 0 bridgehead atoms. The lowest BCUT2D eigenvalue weighted by atomic mass is 10.2. The van der Waals surface area contributed by atoms with Gasteiger partial charge in [-0.2, -0.15) is 5.10 Å². The number of nitro groups is 1. The number of nitro benzene ring substituents is 1. The van der Waals surface area contributed by atoms with Crippen molar-refractivity contribution in [1.82, 2.24) is 5.43 Å². The zero-order valence-corrected chi connectivity index (χ0v) is 14.1. The maximum atomic E-state index is 12.1. The Morgan fingerprint density at radius 2 is 1.92 bits per heavy atom. The third kappa shape index (κ3) is 4.45. The van der Waals surface area contributed by atoms with Crippen molar-refractivity contribution in [3.05, 3.63) is 62.7 Å². The molecule has 9 heteroatoms. The highest BCUT2D eigenvalue weighted by Crippen LogP contribution is 2.27. The van der Waals surface area contributed by atoms with Crippen LogP contribution in [0, 0.1) is 10.1 Å². The van der Waals surface area contributed by atoms with Crippen LogP contribution in [-0.2, 0) is 0 Å². The molecule has 0 saturated carbocycles. The van der Waals surface area contributed by atoms with Gasteiger partial charge in [-0.05, 0) is 24.3 Å². The van der Waals surface area contributed by atoms with E-state index in [-0.39, 0.29) is 10.7 Å². The molecule has 130 valence electrons. The molecule has 0 aliphatic carbocycles. The van der Waals surface area contributed by atoms with Crippen LogP contribution in [0.1, 0.15) is 15.9 Å². The van der Waals surface area contributed by atoms with E-state index in [4.69, 9.17) is 21.1 Å². The predicted molar refractivity (Wildman–Crippen MR) is 92.7 cm³/mol. The van der Waals surface area contributed by atoms with Gasteiger partial charge in [0.05, 0.1) is 25.4 Å². The molecule has 0 aromatic heterocycles. The number of hydrogen-bond donors (Lipinski definition) is 1. The zero-order valence-electron chi connectivity index (χ0n) is 13.4. The molecular formula is C16H14ClN3O5. The van der Waals surface area contributed by atoms with Gasteiger partial charge in [0.1, 0.15) is 5.02 Å². The molecule has 8 nitrogen and oxygen atoms in total. The van der Waals surface area contributed by atoms with Crippen molar-refractivity contribution in [2.45, 2.75) is 0 Å². The zero-order chi connectivity index (χ0) is 18.4. The first-order chi connectivity index (χ1) is 12.0. The molecule has 0 fully saturated rings. The van der Waals surface area contributed by atoms with Crippen molar-refractivity contribution in [3.63, 3.8) is 0 Å². The minimum absolute atomic E-state index is 0.0245. The number of amides is 1. The molecule has 0 saturated heterocycles. The van der Waals surface area contributed by atoms with Crippen molar-refractivity contribution in [1.29, 1.82) is 0 Å². The number of carbonyl (C=O) groups excluding carboxylic acids is 1. The van der Waals surface area contributed by atoms with Crippen LogP contribution in [0.3, 0.4) is 0 Å². The SMILES string of the molecule is COc1ccc(C(=O)NN=Cc2ccc(Cl)c([N+](=O)[O-])c2)cc1OC. The summed E-state index contributed by atoms with van der Waals surface area (Å²) in [6.07, 6.45) is 1.28. The van der Waals surface area contributed by atoms with Crippen LogP contribution in [0.4, 0.5) is 5.69 Å². The van der Waals surface area contributed by atoms with Crippen molar-refractivity contribution in [3.8, 4) is 11.5 Å². The Bertz CT molecular complexity index is 839. The Kier molecular flexibility index (Phi) is 5.91. The highest BCUT2D eigenvalue weighted by molar-refractivity contribution is 6.32. The van der Waals surface area contributed by atoms with E-state index in [9.17, 15) is 14.9 Å². The molecule has 0 radical (unpaired) electrons. The number of hydrogen-bond acceptors (Lipinski definition) is 6. The van der Waals surface area contributed by atoms with Gasteiger partial charge in [-0.25, -0.2) is 5.43 Å². The van der Waals surface area contributed by atoms with E-state index in [2.05, 4.69) is 10.5 Å². The summed E-state index contributed by atoms with van der Waals surface area (Å²) >= 11 is 5.73. The van der Waals surface area contributed by atoms with Crippen LogP contribution < -0.4 is 14.9 Å². The molecule has 2 rings (SSSR count). The van der Waals surface area contributed by atoms with Gasteiger partial charge in [-0.15, -0.1) is 0 Å². The molecule has 1 amide bonds. The summed E-state index contributed by atoms with van der Waals surface area (Å²) in [5.74, 6) is 0.434. The van der Waals surface area contributed by atoms with Gasteiger partial charge in [-0.1, -0.05) is 17.7 Å². The van der Waals surface area contributed by atoms with Gasteiger partial charge < -0.3 is 9.47 Å². The van der Waals surface area contributed by atoms with E-state index in [1.807, 2.05) is 0 Å². The molecule has 2 aromatic rings. The van der Waals surface area contributed by atoms with Gasteiger partial charge in [-0.3, -0.25) is 14.9 Å². The molecule has 1 N–H and O–H groups in total. The lowest BCUT2D eigenvalue weighted by Crippen LogP contribution is -2.17. The van der Waals surface area contributed by atoms with E-state index in [1.54, 1.807) is 18.2 Å². The molecule has 0 heterocycles. The largest absolute Gasteiger partial charge is 0.493 e. The summed E-state index contributed by atoms with van der Waals surface area (Å²) in [4.78, 5) is 22.3. The van der Waals surface area contributed by atoms with Crippen LogP contribution in [-0.4, -0.2) is 31.3 Å². The van der Waals surface area contributed by atoms with Crippen molar-refractivity contribution in [2.75, 3.05) is 14.2 Å². The molecular weight excluding hydrogens is 350 g/mol. The number of methoxy groups -OCH3 is 2. The lowest BCUT2D eigenvalue weighted by Gasteiger charge is -2.08. The number of ether oxygens (including phenoxy) is 2. The van der Waals surface area contributed by atoms with Crippen molar-refractivity contribution < 1.29 is 19.2 Å². The van der Waals surface area contributed by atoms with Crippen LogP contribution in [0.25, 0.3) is 0 Å². The van der Waals surface area contributed by atoms with E-state index >= 15 is 0 Å². The molecule has 0 unspecified atom stereocenters. The molecule has 0 spiro atoms. The molecule has 0 aliphatic heterocycles. The second-order valence-electron chi connectivity index (χ2n) is 4.74. The normalized spacial score (nSPS) is 10.5. The second kappa shape index (κ2) is 8.11. The Morgan fingerprint density at radius 1 is 1.20 bits per heavy atom. The summed E-state index contributed by atoms with van der Waals surface area (Å²) in [5, 5.41) is 14.6. The molecule has 0 aliphatic rings. The molecule has 0 atom stereocenters.